The summed E-state index contributed by atoms with van der Waals surface area (Å²) in [5.41, 5.74) is 1.99. The molecule has 2 rings (SSSR count). The van der Waals surface area contributed by atoms with E-state index in [9.17, 15) is 4.79 Å². The highest BCUT2D eigenvalue weighted by molar-refractivity contribution is 9.10. The Bertz CT molecular complexity index is 493. The van der Waals surface area contributed by atoms with Crippen LogP contribution >= 0.6 is 15.9 Å². The number of carbonyl (C=O) groups excluding carboxylic acids is 1. The first-order valence-corrected chi connectivity index (χ1v) is 8.04. The molecule has 110 valence electrons. The number of hydrogen-bond donors (Lipinski definition) is 1. The number of aryl methyl sites for hydroxylation is 1. The quantitative estimate of drug-likeness (QED) is 0.904. The monoisotopic (exact) mass is 338 g/mol. The van der Waals surface area contributed by atoms with Crippen molar-refractivity contribution in [2.75, 3.05) is 5.32 Å². The smallest absolute Gasteiger partial charge is 0.241 e. The Morgan fingerprint density at radius 1 is 1.35 bits per heavy atom. The molecule has 1 saturated heterocycles. The zero-order valence-electron chi connectivity index (χ0n) is 12.6. The highest BCUT2D eigenvalue weighted by Crippen LogP contribution is 2.28. The third-order valence-electron chi connectivity index (χ3n) is 4.23. The van der Waals surface area contributed by atoms with Gasteiger partial charge >= 0.3 is 0 Å². The average molecular weight is 339 g/mol. The molecule has 1 aliphatic rings. The summed E-state index contributed by atoms with van der Waals surface area (Å²) in [4.78, 5) is 14.8. The van der Waals surface area contributed by atoms with Crippen LogP contribution in [0.2, 0.25) is 0 Å². The van der Waals surface area contributed by atoms with Gasteiger partial charge in [-0.2, -0.15) is 0 Å². The average Bonchev–Trinajstić information content (AvgIpc) is 2.72. The van der Waals surface area contributed by atoms with Crippen molar-refractivity contribution in [2.45, 2.75) is 58.7 Å². The van der Waals surface area contributed by atoms with Gasteiger partial charge in [-0.15, -0.1) is 0 Å². The molecular formula is C16H23BrN2O. The van der Waals surface area contributed by atoms with E-state index in [1.807, 2.05) is 32.0 Å². The van der Waals surface area contributed by atoms with Crippen LogP contribution < -0.4 is 5.32 Å². The molecule has 4 heteroatoms. The van der Waals surface area contributed by atoms with Crippen LogP contribution in [0.3, 0.4) is 0 Å². The maximum Gasteiger partial charge on any atom is 0.241 e. The van der Waals surface area contributed by atoms with E-state index in [0.717, 1.165) is 15.7 Å². The summed E-state index contributed by atoms with van der Waals surface area (Å²) in [6.45, 7) is 8.43. The number of nitrogens with one attached hydrogen (secondary N) is 1. The first kappa shape index (κ1) is 15.5. The third kappa shape index (κ3) is 3.23. The lowest BCUT2D eigenvalue weighted by Gasteiger charge is -2.31. The molecule has 20 heavy (non-hydrogen) atoms. The Labute approximate surface area is 129 Å². The molecule has 0 spiro atoms. The van der Waals surface area contributed by atoms with Crippen molar-refractivity contribution in [1.82, 2.24) is 4.90 Å². The fourth-order valence-electron chi connectivity index (χ4n) is 3.09. The number of anilines is 1. The van der Waals surface area contributed by atoms with Gasteiger partial charge in [-0.25, -0.2) is 0 Å². The minimum absolute atomic E-state index is 0.0666. The zero-order chi connectivity index (χ0) is 14.9. The van der Waals surface area contributed by atoms with Crippen molar-refractivity contribution in [3.05, 3.63) is 28.2 Å². The number of nitrogens with zero attached hydrogens (tertiary/aromatic N) is 1. The molecule has 0 aliphatic carbocycles. The highest BCUT2D eigenvalue weighted by atomic mass is 79.9. The number of benzene rings is 1. The van der Waals surface area contributed by atoms with Crippen molar-refractivity contribution in [1.29, 1.82) is 0 Å². The molecule has 3 atom stereocenters. The second-order valence-electron chi connectivity index (χ2n) is 5.87. The largest absolute Gasteiger partial charge is 0.324 e. The highest BCUT2D eigenvalue weighted by Gasteiger charge is 2.34. The maximum absolute atomic E-state index is 12.5. The van der Waals surface area contributed by atoms with Crippen LogP contribution in [0.15, 0.2) is 22.7 Å². The summed E-state index contributed by atoms with van der Waals surface area (Å²) in [7, 11) is 0. The Morgan fingerprint density at radius 2 is 1.95 bits per heavy atom. The van der Waals surface area contributed by atoms with Crippen LogP contribution in [0.5, 0.6) is 0 Å². The molecule has 1 aliphatic heterocycles. The Balaban J connectivity index is 2.09. The molecule has 1 aromatic rings. The van der Waals surface area contributed by atoms with Gasteiger partial charge in [0.05, 0.1) is 11.7 Å². The van der Waals surface area contributed by atoms with Crippen LogP contribution in [0.4, 0.5) is 5.69 Å². The second kappa shape index (κ2) is 6.27. The lowest BCUT2D eigenvalue weighted by Crippen LogP contribution is -2.46. The minimum Gasteiger partial charge on any atom is -0.324 e. The minimum atomic E-state index is -0.102. The van der Waals surface area contributed by atoms with Gasteiger partial charge < -0.3 is 5.32 Å². The normalized spacial score (nSPS) is 24.6. The summed E-state index contributed by atoms with van der Waals surface area (Å²) in [5.74, 6) is 0.0666. The van der Waals surface area contributed by atoms with Gasteiger partial charge in [-0.05, 0) is 74.2 Å². The molecule has 0 radical (unpaired) electrons. The van der Waals surface area contributed by atoms with Gasteiger partial charge in [0.25, 0.3) is 0 Å². The van der Waals surface area contributed by atoms with Gasteiger partial charge in [0.1, 0.15) is 0 Å². The van der Waals surface area contributed by atoms with Crippen molar-refractivity contribution in [3.8, 4) is 0 Å². The van der Waals surface area contributed by atoms with E-state index in [1.165, 1.54) is 12.8 Å². The molecule has 0 bridgehead atoms. The first-order chi connectivity index (χ1) is 9.40. The van der Waals surface area contributed by atoms with Crippen molar-refractivity contribution in [3.63, 3.8) is 0 Å². The third-order valence-corrected chi connectivity index (χ3v) is 4.92. The number of carbonyl (C=O) groups is 1. The van der Waals surface area contributed by atoms with E-state index in [4.69, 9.17) is 0 Å². The number of rotatable bonds is 3. The Morgan fingerprint density at radius 3 is 2.55 bits per heavy atom. The van der Waals surface area contributed by atoms with Gasteiger partial charge in [-0.1, -0.05) is 6.07 Å². The van der Waals surface area contributed by atoms with Crippen molar-refractivity contribution < 1.29 is 4.79 Å². The summed E-state index contributed by atoms with van der Waals surface area (Å²) >= 11 is 3.49. The van der Waals surface area contributed by atoms with Crippen LogP contribution in [0.25, 0.3) is 0 Å². The molecule has 3 unspecified atom stereocenters. The van der Waals surface area contributed by atoms with Gasteiger partial charge in [0.15, 0.2) is 0 Å². The van der Waals surface area contributed by atoms with Gasteiger partial charge in [0, 0.05) is 16.6 Å². The van der Waals surface area contributed by atoms with Crippen LogP contribution in [-0.2, 0) is 4.79 Å². The fourth-order valence-corrected chi connectivity index (χ4v) is 3.43. The van der Waals surface area contributed by atoms with Crippen LogP contribution in [-0.4, -0.2) is 28.9 Å². The summed E-state index contributed by atoms with van der Waals surface area (Å²) in [5, 5.41) is 3.04. The summed E-state index contributed by atoms with van der Waals surface area (Å²) < 4.78 is 0.922. The predicted molar refractivity (Wildman–Crippen MR) is 87.0 cm³/mol. The molecule has 1 heterocycles. The van der Waals surface area contributed by atoms with E-state index in [1.54, 1.807) is 0 Å². The number of hydrogen-bond acceptors (Lipinski definition) is 2. The lowest BCUT2D eigenvalue weighted by atomic mass is 10.2. The SMILES string of the molecule is Cc1ccc(Br)c(NC(=O)C(C)N2C(C)CCC2C)c1. The van der Waals surface area contributed by atoms with E-state index < -0.39 is 0 Å². The van der Waals surface area contributed by atoms with E-state index >= 15 is 0 Å². The fraction of sp³-hybridized carbons (Fsp3) is 0.562. The lowest BCUT2D eigenvalue weighted by molar-refractivity contribution is -0.121. The summed E-state index contributed by atoms with van der Waals surface area (Å²) in [6, 6.07) is 6.84. The number of amides is 1. The van der Waals surface area contributed by atoms with Gasteiger partial charge in [-0.3, -0.25) is 9.69 Å². The molecule has 0 aromatic heterocycles. The zero-order valence-corrected chi connectivity index (χ0v) is 14.2. The molecule has 1 amide bonds. The molecule has 3 nitrogen and oxygen atoms in total. The number of likely N-dealkylation sites (tertiary alicyclic amines) is 1. The van der Waals surface area contributed by atoms with E-state index in [0.29, 0.717) is 12.1 Å². The van der Waals surface area contributed by atoms with Gasteiger partial charge in [0.2, 0.25) is 5.91 Å². The molecule has 1 N–H and O–H groups in total. The Kier molecular flexibility index (Phi) is 4.86. The molecule has 1 fully saturated rings. The molecule has 0 saturated carbocycles. The molecule has 1 aromatic carbocycles. The van der Waals surface area contributed by atoms with E-state index in [-0.39, 0.29) is 11.9 Å². The summed E-state index contributed by atoms with van der Waals surface area (Å²) in [6.07, 6.45) is 2.35. The maximum atomic E-state index is 12.5. The van der Waals surface area contributed by atoms with Crippen LogP contribution in [0.1, 0.15) is 39.2 Å². The van der Waals surface area contributed by atoms with Crippen molar-refractivity contribution >= 4 is 27.5 Å². The topological polar surface area (TPSA) is 32.3 Å². The molecular weight excluding hydrogens is 316 g/mol. The Hall–Kier alpha value is -0.870. The van der Waals surface area contributed by atoms with Crippen LogP contribution in [0, 0.1) is 6.92 Å². The standard InChI is InChI=1S/C16H23BrN2O/c1-10-5-8-14(17)15(9-10)18-16(20)13(4)19-11(2)6-7-12(19)3/h5,8-9,11-13H,6-7H2,1-4H3,(H,18,20). The first-order valence-electron chi connectivity index (χ1n) is 7.24. The second-order valence-corrected chi connectivity index (χ2v) is 6.73. The van der Waals surface area contributed by atoms with Crippen molar-refractivity contribution in [2.24, 2.45) is 0 Å². The van der Waals surface area contributed by atoms with E-state index in [2.05, 4.69) is 40.0 Å². The predicted octanol–water partition coefficient (Wildman–Crippen LogP) is 3.96. The number of halogens is 1.